The van der Waals surface area contributed by atoms with Crippen LogP contribution in [0.2, 0.25) is 0 Å². The van der Waals surface area contributed by atoms with Gasteiger partial charge in [-0.2, -0.15) is 11.8 Å². The molecule has 0 spiro atoms. The van der Waals surface area contributed by atoms with Crippen molar-refractivity contribution in [3.05, 3.63) is 0 Å². The van der Waals surface area contributed by atoms with Gasteiger partial charge < -0.3 is 15.7 Å². The summed E-state index contributed by atoms with van der Waals surface area (Å²) in [6.07, 6.45) is 6.65. The third-order valence-electron chi connectivity index (χ3n) is 3.32. The van der Waals surface area contributed by atoms with Gasteiger partial charge in [0.15, 0.2) is 0 Å². The molecule has 1 saturated heterocycles. The van der Waals surface area contributed by atoms with Gasteiger partial charge in [-0.15, -0.1) is 0 Å². The molecule has 1 unspecified atom stereocenters. The van der Waals surface area contributed by atoms with Crippen molar-refractivity contribution in [3.63, 3.8) is 0 Å². The van der Waals surface area contributed by atoms with Gasteiger partial charge >= 0.3 is 0 Å². The number of rotatable bonds is 6. The number of hydrogen-bond acceptors (Lipinski definition) is 4. The molecular formula is C12H24N2O2S. The second-order valence-electron chi connectivity index (χ2n) is 4.58. The molecule has 1 fully saturated rings. The van der Waals surface area contributed by atoms with Gasteiger partial charge in [-0.25, -0.2) is 0 Å². The molecular weight excluding hydrogens is 236 g/mol. The first-order valence-electron chi connectivity index (χ1n) is 6.36. The molecule has 0 radical (unpaired) electrons. The Morgan fingerprint density at radius 1 is 1.59 bits per heavy atom. The molecule has 100 valence electrons. The van der Waals surface area contributed by atoms with Crippen LogP contribution in [0.5, 0.6) is 0 Å². The van der Waals surface area contributed by atoms with E-state index < -0.39 is 0 Å². The zero-order chi connectivity index (χ0) is 12.7. The summed E-state index contributed by atoms with van der Waals surface area (Å²) >= 11 is 1.71. The Kier molecular flexibility index (Phi) is 6.92. The molecule has 0 saturated carbocycles. The summed E-state index contributed by atoms with van der Waals surface area (Å²) in [4.78, 5) is 14.1. The minimum Gasteiger partial charge on any atom is -0.396 e. The molecule has 4 nitrogen and oxygen atoms in total. The number of nitrogens with zero attached hydrogens (tertiary/aromatic N) is 1. The van der Waals surface area contributed by atoms with Crippen molar-refractivity contribution >= 4 is 17.7 Å². The van der Waals surface area contributed by atoms with Gasteiger partial charge in [-0.05, 0) is 44.1 Å². The molecule has 0 aliphatic carbocycles. The highest BCUT2D eigenvalue weighted by atomic mass is 32.2. The van der Waals surface area contributed by atoms with Gasteiger partial charge in [0.2, 0.25) is 5.91 Å². The normalized spacial score (nSPS) is 22.5. The maximum Gasteiger partial charge on any atom is 0.239 e. The fourth-order valence-electron chi connectivity index (χ4n) is 2.32. The van der Waals surface area contributed by atoms with Gasteiger partial charge in [-0.1, -0.05) is 0 Å². The average molecular weight is 260 g/mol. The average Bonchev–Trinajstić information content (AvgIpc) is 2.36. The first-order chi connectivity index (χ1) is 8.20. The van der Waals surface area contributed by atoms with E-state index >= 15 is 0 Å². The van der Waals surface area contributed by atoms with Gasteiger partial charge in [0.25, 0.3) is 0 Å². The molecule has 0 aromatic carbocycles. The van der Waals surface area contributed by atoms with E-state index in [9.17, 15) is 4.79 Å². The summed E-state index contributed by atoms with van der Waals surface area (Å²) in [5, 5.41) is 9.03. The Balaban J connectivity index is 2.51. The summed E-state index contributed by atoms with van der Waals surface area (Å²) in [5.74, 6) is 0.989. The van der Waals surface area contributed by atoms with Crippen molar-refractivity contribution in [1.82, 2.24) is 4.90 Å². The van der Waals surface area contributed by atoms with E-state index in [4.69, 9.17) is 10.8 Å². The first-order valence-corrected chi connectivity index (χ1v) is 7.76. The Labute approximate surface area is 108 Å². The van der Waals surface area contributed by atoms with Gasteiger partial charge in [-0.3, -0.25) is 4.79 Å². The Bertz CT molecular complexity index is 237. The van der Waals surface area contributed by atoms with E-state index in [0.717, 1.165) is 38.0 Å². The standard InChI is InChI=1S/C12H24N2O2S/c1-17-9-6-11(13)12(16)14-7-3-2-4-10(14)5-8-15/h10-11,15H,2-9,13H2,1H3/t10?,11-/m0/s1. The molecule has 0 aromatic heterocycles. The summed E-state index contributed by atoms with van der Waals surface area (Å²) < 4.78 is 0. The molecule has 1 aliphatic rings. The number of nitrogens with two attached hydrogens (primary N) is 1. The molecule has 2 atom stereocenters. The van der Waals surface area contributed by atoms with E-state index in [2.05, 4.69) is 0 Å². The van der Waals surface area contributed by atoms with Crippen molar-refractivity contribution < 1.29 is 9.90 Å². The smallest absolute Gasteiger partial charge is 0.239 e. The lowest BCUT2D eigenvalue weighted by Gasteiger charge is -2.37. The van der Waals surface area contributed by atoms with E-state index in [0.29, 0.717) is 6.42 Å². The van der Waals surface area contributed by atoms with Crippen LogP contribution in [-0.4, -0.2) is 53.2 Å². The fraction of sp³-hybridized carbons (Fsp3) is 0.917. The van der Waals surface area contributed by atoms with E-state index in [1.807, 2.05) is 11.2 Å². The Morgan fingerprint density at radius 2 is 2.35 bits per heavy atom. The second-order valence-corrected chi connectivity index (χ2v) is 5.57. The van der Waals surface area contributed by atoms with E-state index in [1.165, 1.54) is 0 Å². The number of aliphatic hydroxyl groups excluding tert-OH is 1. The number of likely N-dealkylation sites (tertiary alicyclic amines) is 1. The molecule has 17 heavy (non-hydrogen) atoms. The van der Waals surface area contributed by atoms with Crippen molar-refractivity contribution in [2.45, 2.75) is 44.2 Å². The van der Waals surface area contributed by atoms with Crippen LogP contribution in [-0.2, 0) is 4.79 Å². The predicted octanol–water partition coefficient (Wildman–Crippen LogP) is 0.830. The molecule has 3 N–H and O–H groups in total. The summed E-state index contributed by atoms with van der Waals surface area (Å²) in [5.41, 5.74) is 5.93. The van der Waals surface area contributed by atoms with Crippen LogP contribution in [0.25, 0.3) is 0 Å². The van der Waals surface area contributed by atoms with Gasteiger partial charge in [0, 0.05) is 19.2 Å². The lowest BCUT2D eigenvalue weighted by molar-refractivity contribution is -0.136. The third-order valence-corrected chi connectivity index (χ3v) is 3.97. The monoisotopic (exact) mass is 260 g/mol. The van der Waals surface area contributed by atoms with Crippen molar-refractivity contribution in [3.8, 4) is 0 Å². The van der Waals surface area contributed by atoms with Crippen LogP contribution in [0.15, 0.2) is 0 Å². The molecule has 1 rings (SSSR count). The number of aliphatic hydroxyl groups is 1. The van der Waals surface area contributed by atoms with Crippen LogP contribution in [0.4, 0.5) is 0 Å². The zero-order valence-electron chi connectivity index (χ0n) is 10.6. The minimum absolute atomic E-state index is 0.0669. The lowest BCUT2D eigenvalue weighted by Crippen LogP contribution is -2.51. The third kappa shape index (κ3) is 4.48. The zero-order valence-corrected chi connectivity index (χ0v) is 11.4. The largest absolute Gasteiger partial charge is 0.396 e. The highest BCUT2D eigenvalue weighted by Gasteiger charge is 2.29. The highest BCUT2D eigenvalue weighted by molar-refractivity contribution is 7.98. The highest BCUT2D eigenvalue weighted by Crippen LogP contribution is 2.20. The Morgan fingerprint density at radius 3 is 3.00 bits per heavy atom. The minimum atomic E-state index is -0.373. The molecule has 1 aliphatic heterocycles. The topological polar surface area (TPSA) is 66.6 Å². The number of hydrogen-bond donors (Lipinski definition) is 2. The van der Waals surface area contributed by atoms with E-state index in [-0.39, 0.29) is 24.6 Å². The summed E-state index contributed by atoms with van der Waals surface area (Å²) in [6, 6.07) is -0.177. The molecule has 0 aromatic rings. The molecule has 5 heteroatoms. The molecule has 1 heterocycles. The number of carbonyl (C=O) groups is 1. The number of amides is 1. The maximum absolute atomic E-state index is 12.2. The van der Waals surface area contributed by atoms with Crippen LogP contribution in [0.3, 0.4) is 0 Å². The first kappa shape index (κ1) is 14.8. The van der Waals surface area contributed by atoms with Crippen molar-refractivity contribution in [1.29, 1.82) is 0 Å². The van der Waals surface area contributed by atoms with Crippen molar-refractivity contribution in [2.75, 3.05) is 25.2 Å². The fourth-order valence-corrected chi connectivity index (χ4v) is 2.81. The maximum atomic E-state index is 12.2. The van der Waals surface area contributed by atoms with Crippen LogP contribution < -0.4 is 5.73 Å². The molecule has 0 bridgehead atoms. The number of piperidine rings is 1. The van der Waals surface area contributed by atoms with Crippen LogP contribution in [0.1, 0.15) is 32.1 Å². The second kappa shape index (κ2) is 7.95. The quantitative estimate of drug-likeness (QED) is 0.742. The van der Waals surface area contributed by atoms with Gasteiger partial charge in [0.1, 0.15) is 0 Å². The summed E-state index contributed by atoms with van der Waals surface area (Å²) in [6.45, 7) is 0.949. The predicted molar refractivity (Wildman–Crippen MR) is 72.0 cm³/mol. The van der Waals surface area contributed by atoms with E-state index in [1.54, 1.807) is 11.8 Å². The number of thioether (sulfide) groups is 1. The Hall–Kier alpha value is -0.260. The van der Waals surface area contributed by atoms with Gasteiger partial charge in [0.05, 0.1) is 6.04 Å². The van der Waals surface area contributed by atoms with Crippen LogP contribution >= 0.6 is 11.8 Å². The lowest BCUT2D eigenvalue weighted by atomic mass is 9.98. The van der Waals surface area contributed by atoms with Crippen LogP contribution in [0, 0.1) is 0 Å². The van der Waals surface area contributed by atoms with Crippen molar-refractivity contribution in [2.24, 2.45) is 5.73 Å². The number of carbonyl (C=O) groups excluding carboxylic acids is 1. The molecule has 1 amide bonds. The summed E-state index contributed by atoms with van der Waals surface area (Å²) in [7, 11) is 0. The SMILES string of the molecule is CSCC[C@H](N)C(=O)N1CCCCC1CCO.